The second-order valence-electron chi connectivity index (χ2n) is 10.7. The molecule has 0 unspecified atom stereocenters. The number of rotatable bonds is 3. The van der Waals surface area contributed by atoms with Crippen molar-refractivity contribution in [3.05, 3.63) is 11.6 Å². The molecule has 0 aromatic rings. The fourth-order valence-corrected chi connectivity index (χ4v) is 7.62. The Morgan fingerprint density at radius 2 is 1.58 bits per heavy atom. The number of allylic oxidation sites excluding steroid dienone is 1. The molecular formula is C25H36O6. The Kier molecular flexibility index (Phi) is 5.72. The highest BCUT2D eigenvalue weighted by molar-refractivity contribution is 5.67. The Morgan fingerprint density at radius 3 is 2.23 bits per heavy atom. The SMILES string of the molecule is CC(=O)O[C@@H]1CC[C@@]2(C)C(=CC[C@@H]3[C@H]4C[C@@H](OC(C)=O)[C@H](OC(C)=O)[C@@]4(C)CC[C@H]32)C1. The van der Waals surface area contributed by atoms with Crippen molar-refractivity contribution < 1.29 is 28.6 Å². The summed E-state index contributed by atoms with van der Waals surface area (Å²) in [5, 5.41) is 0. The summed E-state index contributed by atoms with van der Waals surface area (Å²) in [6.07, 6.45) is 8.20. The minimum Gasteiger partial charge on any atom is -0.462 e. The number of fused-ring (bicyclic) bond motifs is 5. The molecule has 31 heavy (non-hydrogen) atoms. The number of carbonyl (C=O) groups excluding carboxylic acids is 3. The molecular weight excluding hydrogens is 396 g/mol. The van der Waals surface area contributed by atoms with Crippen molar-refractivity contribution in [1.82, 2.24) is 0 Å². The molecule has 0 radical (unpaired) electrons. The van der Waals surface area contributed by atoms with Crippen molar-refractivity contribution in [2.75, 3.05) is 0 Å². The van der Waals surface area contributed by atoms with E-state index in [0.717, 1.165) is 44.9 Å². The lowest BCUT2D eigenvalue weighted by Crippen LogP contribution is -2.52. The zero-order valence-electron chi connectivity index (χ0n) is 19.4. The summed E-state index contributed by atoms with van der Waals surface area (Å²) in [6, 6.07) is 0. The molecule has 6 heteroatoms. The van der Waals surface area contributed by atoms with Crippen LogP contribution in [0.4, 0.5) is 0 Å². The van der Waals surface area contributed by atoms with Crippen LogP contribution >= 0.6 is 0 Å². The van der Waals surface area contributed by atoms with E-state index in [9.17, 15) is 14.4 Å². The molecule has 0 aromatic heterocycles. The van der Waals surface area contributed by atoms with Gasteiger partial charge in [0, 0.05) is 32.6 Å². The van der Waals surface area contributed by atoms with Crippen molar-refractivity contribution in [3.63, 3.8) is 0 Å². The van der Waals surface area contributed by atoms with E-state index in [-0.39, 0.29) is 47.0 Å². The van der Waals surface area contributed by atoms with Crippen LogP contribution in [0.2, 0.25) is 0 Å². The van der Waals surface area contributed by atoms with Gasteiger partial charge in [-0.15, -0.1) is 0 Å². The van der Waals surface area contributed by atoms with Crippen LogP contribution in [-0.4, -0.2) is 36.2 Å². The Bertz CT molecular complexity index is 802. The van der Waals surface area contributed by atoms with Gasteiger partial charge in [0.25, 0.3) is 0 Å². The van der Waals surface area contributed by atoms with Crippen LogP contribution in [0.25, 0.3) is 0 Å². The molecule has 0 saturated heterocycles. The summed E-state index contributed by atoms with van der Waals surface area (Å²) in [7, 11) is 0. The summed E-state index contributed by atoms with van der Waals surface area (Å²) in [6.45, 7) is 8.97. The molecule has 0 heterocycles. The third-order valence-electron chi connectivity index (χ3n) is 8.91. The maximum absolute atomic E-state index is 11.9. The van der Waals surface area contributed by atoms with Gasteiger partial charge in [-0.2, -0.15) is 0 Å². The molecule has 3 saturated carbocycles. The van der Waals surface area contributed by atoms with Gasteiger partial charge in [-0.3, -0.25) is 14.4 Å². The van der Waals surface area contributed by atoms with Gasteiger partial charge in [-0.05, 0) is 61.7 Å². The lowest BCUT2D eigenvalue weighted by Gasteiger charge is -2.57. The molecule has 8 atom stereocenters. The highest BCUT2D eigenvalue weighted by Crippen LogP contribution is 2.65. The van der Waals surface area contributed by atoms with E-state index >= 15 is 0 Å². The molecule has 4 aliphatic rings. The normalized spacial score (nSPS) is 43.6. The number of ether oxygens (including phenoxy) is 3. The monoisotopic (exact) mass is 432 g/mol. The van der Waals surface area contributed by atoms with Crippen molar-refractivity contribution in [2.24, 2.45) is 28.6 Å². The smallest absolute Gasteiger partial charge is 0.303 e. The number of hydrogen-bond donors (Lipinski definition) is 0. The van der Waals surface area contributed by atoms with Crippen LogP contribution in [0.1, 0.15) is 79.6 Å². The van der Waals surface area contributed by atoms with Crippen molar-refractivity contribution >= 4 is 17.9 Å². The first-order valence-electron chi connectivity index (χ1n) is 11.8. The van der Waals surface area contributed by atoms with Gasteiger partial charge in [-0.1, -0.05) is 25.5 Å². The van der Waals surface area contributed by atoms with Crippen LogP contribution in [-0.2, 0) is 28.6 Å². The van der Waals surface area contributed by atoms with Crippen molar-refractivity contribution in [1.29, 1.82) is 0 Å². The highest BCUT2D eigenvalue weighted by atomic mass is 16.6. The number of hydrogen-bond acceptors (Lipinski definition) is 6. The van der Waals surface area contributed by atoms with E-state index < -0.39 is 0 Å². The van der Waals surface area contributed by atoms with Crippen LogP contribution < -0.4 is 0 Å². The fraction of sp³-hybridized carbons (Fsp3) is 0.800. The fourth-order valence-electron chi connectivity index (χ4n) is 7.62. The maximum atomic E-state index is 11.9. The van der Waals surface area contributed by atoms with E-state index in [1.807, 2.05) is 0 Å². The van der Waals surface area contributed by atoms with Crippen LogP contribution in [0.5, 0.6) is 0 Å². The van der Waals surface area contributed by atoms with Crippen molar-refractivity contribution in [3.8, 4) is 0 Å². The van der Waals surface area contributed by atoms with Crippen molar-refractivity contribution in [2.45, 2.75) is 97.9 Å². The number of esters is 3. The van der Waals surface area contributed by atoms with Gasteiger partial charge in [-0.25, -0.2) is 0 Å². The molecule has 0 spiro atoms. The second-order valence-corrected chi connectivity index (χ2v) is 10.7. The summed E-state index contributed by atoms with van der Waals surface area (Å²) in [5.74, 6) is 0.556. The van der Waals surface area contributed by atoms with Crippen LogP contribution in [0.15, 0.2) is 11.6 Å². The zero-order valence-corrected chi connectivity index (χ0v) is 19.4. The molecule has 4 rings (SSSR count). The standard InChI is InChI=1S/C25H36O6/c1-14(26)29-18-8-10-24(4)17(12-18)6-7-19-20(24)9-11-25(5)21(19)13-22(30-15(2)27)23(25)31-16(3)28/h6,18-23H,7-13H2,1-5H3/t18-,19+,20-,21-,22-,23+,24+,25+/m1/s1. The Labute approximate surface area is 185 Å². The molecule has 0 N–H and O–H groups in total. The summed E-state index contributed by atoms with van der Waals surface area (Å²) in [5.41, 5.74) is 1.39. The molecule has 0 amide bonds. The zero-order chi connectivity index (χ0) is 22.6. The lowest BCUT2D eigenvalue weighted by atomic mass is 9.48. The first-order chi connectivity index (χ1) is 14.5. The Hall–Kier alpha value is -1.85. The summed E-state index contributed by atoms with van der Waals surface area (Å²) in [4.78, 5) is 35.1. The molecule has 172 valence electrons. The first-order valence-corrected chi connectivity index (χ1v) is 11.8. The molecule has 0 aliphatic heterocycles. The van der Waals surface area contributed by atoms with Crippen LogP contribution in [0, 0.1) is 28.6 Å². The minimum atomic E-state index is -0.377. The first kappa shape index (κ1) is 22.3. The Balaban J connectivity index is 1.60. The summed E-state index contributed by atoms with van der Waals surface area (Å²) < 4.78 is 17.0. The third-order valence-corrected chi connectivity index (χ3v) is 8.91. The molecule has 4 aliphatic carbocycles. The average molecular weight is 433 g/mol. The van der Waals surface area contributed by atoms with E-state index in [2.05, 4.69) is 19.9 Å². The van der Waals surface area contributed by atoms with E-state index in [1.54, 1.807) is 0 Å². The molecule has 0 bridgehead atoms. The third kappa shape index (κ3) is 3.80. The van der Waals surface area contributed by atoms with Gasteiger partial charge >= 0.3 is 17.9 Å². The van der Waals surface area contributed by atoms with Gasteiger partial charge in [0.05, 0.1) is 0 Å². The van der Waals surface area contributed by atoms with Gasteiger partial charge in [0.1, 0.15) is 18.3 Å². The summed E-state index contributed by atoms with van der Waals surface area (Å²) >= 11 is 0. The Morgan fingerprint density at radius 1 is 0.903 bits per heavy atom. The second kappa shape index (κ2) is 7.93. The van der Waals surface area contributed by atoms with E-state index in [0.29, 0.717) is 17.8 Å². The largest absolute Gasteiger partial charge is 0.462 e. The minimum absolute atomic E-state index is 0.00425. The lowest BCUT2D eigenvalue weighted by molar-refractivity contribution is -0.172. The van der Waals surface area contributed by atoms with Crippen LogP contribution in [0.3, 0.4) is 0 Å². The molecule has 6 nitrogen and oxygen atoms in total. The predicted octanol–water partition coefficient (Wildman–Crippen LogP) is 4.35. The van der Waals surface area contributed by atoms with E-state index in [4.69, 9.17) is 14.2 Å². The van der Waals surface area contributed by atoms with Gasteiger partial charge in [0.15, 0.2) is 0 Å². The molecule has 0 aromatic carbocycles. The number of carbonyl (C=O) groups is 3. The van der Waals surface area contributed by atoms with E-state index in [1.165, 1.54) is 26.3 Å². The predicted molar refractivity (Wildman–Crippen MR) is 114 cm³/mol. The average Bonchev–Trinajstić information content (AvgIpc) is 2.92. The molecule has 3 fully saturated rings. The highest BCUT2D eigenvalue weighted by Gasteiger charge is 2.63. The maximum Gasteiger partial charge on any atom is 0.303 e. The topological polar surface area (TPSA) is 78.9 Å². The van der Waals surface area contributed by atoms with Gasteiger partial charge in [0.2, 0.25) is 0 Å². The van der Waals surface area contributed by atoms with Gasteiger partial charge < -0.3 is 14.2 Å². The quantitative estimate of drug-likeness (QED) is 0.375.